The van der Waals surface area contributed by atoms with E-state index >= 15 is 0 Å². The lowest BCUT2D eigenvalue weighted by atomic mass is 10.2. The van der Waals surface area contributed by atoms with Gasteiger partial charge >= 0.3 is 0 Å². The lowest BCUT2D eigenvalue weighted by Gasteiger charge is -2.07. The van der Waals surface area contributed by atoms with Crippen LogP contribution in [0, 0.1) is 13.8 Å². The van der Waals surface area contributed by atoms with Crippen molar-refractivity contribution in [3.05, 3.63) is 39.6 Å². The van der Waals surface area contributed by atoms with Gasteiger partial charge in [-0.25, -0.2) is 18.5 Å². The molecule has 0 saturated heterocycles. The Bertz CT molecular complexity index is 1110. The number of imidazole rings is 1. The van der Waals surface area contributed by atoms with Crippen LogP contribution in [0.15, 0.2) is 34.3 Å². The summed E-state index contributed by atoms with van der Waals surface area (Å²) in [5.74, 6) is 0.355. The summed E-state index contributed by atoms with van der Waals surface area (Å²) in [6.45, 7) is 6.74. The number of nitrogens with two attached hydrogens (primary N) is 1. The average Bonchev–Trinajstić information content (AvgIpc) is 3.11. The molecule has 0 aliphatic rings. The van der Waals surface area contributed by atoms with E-state index < -0.39 is 10.0 Å². The van der Waals surface area contributed by atoms with Gasteiger partial charge in [0.05, 0.1) is 21.7 Å². The molecule has 0 spiro atoms. The third-order valence-corrected chi connectivity index (χ3v) is 6.99. The second-order valence-corrected chi connectivity index (χ2v) is 10.2. The number of hydrogen-bond donors (Lipinski definition) is 1. The summed E-state index contributed by atoms with van der Waals surface area (Å²) in [4.78, 5) is 19.3. The van der Waals surface area contributed by atoms with Crippen molar-refractivity contribution in [2.75, 3.05) is 5.75 Å². The number of benzene rings is 1. The smallest absolute Gasteiger partial charge is 0.238 e. The standard InChI is InChI=1S/C18H21N3O3S3/c1-4-7-21-16-6-5-13(27(19,23)24)9-15(16)20-18(21)25-10-17(22)14-8-11(2)26-12(14)3/h5-6,8-9H,4,7,10H2,1-3H3,(H2,19,23,24). The number of hydrogen-bond acceptors (Lipinski definition) is 6. The fourth-order valence-corrected chi connectivity index (χ4v) is 5.33. The van der Waals surface area contributed by atoms with Crippen LogP contribution in [0.25, 0.3) is 11.0 Å². The summed E-state index contributed by atoms with van der Waals surface area (Å²) >= 11 is 2.99. The molecule has 0 aliphatic heterocycles. The number of carbonyl (C=O) groups excluding carboxylic acids is 1. The summed E-state index contributed by atoms with van der Waals surface area (Å²) < 4.78 is 25.2. The molecule has 3 aromatic rings. The Morgan fingerprint density at radius 3 is 2.63 bits per heavy atom. The monoisotopic (exact) mass is 423 g/mol. The van der Waals surface area contributed by atoms with Gasteiger partial charge in [0, 0.05) is 21.9 Å². The fourth-order valence-electron chi connectivity index (χ4n) is 2.93. The van der Waals surface area contributed by atoms with E-state index in [-0.39, 0.29) is 16.4 Å². The Balaban J connectivity index is 1.91. The van der Waals surface area contributed by atoms with Crippen LogP contribution in [0.3, 0.4) is 0 Å². The molecule has 0 atom stereocenters. The summed E-state index contributed by atoms with van der Waals surface area (Å²) in [7, 11) is -3.78. The van der Waals surface area contributed by atoms with E-state index in [1.54, 1.807) is 17.4 Å². The zero-order chi connectivity index (χ0) is 19.8. The summed E-state index contributed by atoms with van der Waals surface area (Å²) in [6, 6.07) is 6.62. The first-order chi connectivity index (χ1) is 12.7. The number of rotatable bonds is 7. The van der Waals surface area contributed by atoms with Crippen LogP contribution >= 0.6 is 23.1 Å². The predicted molar refractivity (Wildman–Crippen MR) is 110 cm³/mol. The lowest BCUT2D eigenvalue weighted by Crippen LogP contribution is -2.11. The third kappa shape index (κ3) is 4.26. The Kier molecular flexibility index (Phi) is 5.76. The second-order valence-electron chi connectivity index (χ2n) is 6.28. The van der Waals surface area contributed by atoms with Gasteiger partial charge in [-0.05, 0) is 44.5 Å². The number of aryl methyl sites for hydroxylation is 3. The first kappa shape index (κ1) is 20.1. The highest BCUT2D eigenvalue weighted by Crippen LogP contribution is 2.28. The van der Waals surface area contributed by atoms with Crippen LogP contribution < -0.4 is 5.14 Å². The van der Waals surface area contributed by atoms with Gasteiger partial charge in [-0.15, -0.1) is 11.3 Å². The first-order valence-corrected chi connectivity index (χ1v) is 11.8. The van der Waals surface area contributed by atoms with E-state index in [4.69, 9.17) is 5.14 Å². The molecule has 0 bridgehead atoms. The minimum Gasteiger partial charge on any atom is -0.319 e. The number of carbonyl (C=O) groups is 1. The van der Waals surface area contributed by atoms with E-state index in [1.807, 2.05) is 24.5 Å². The highest BCUT2D eigenvalue weighted by atomic mass is 32.2. The van der Waals surface area contributed by atoms with Gasteiger partial charge in [-0.3, -0.25) is 4.79 Å². The Morgan fingerprint density at radius 1 is 1.30 bits per heavy atom. The predicted octanol–water partition coefficient (Wildman–Crippen LogP) is 3.75. The molecule has 6 nitrogen and oxygen atoms in total. The average molecular weight is 424 g/mol. The maximum atomic E-state index is 12.6. The quantitative estimate of drug-likeness (QED) is 0.461. The zero-order valence-corrected chi connectivity index (χ0v) is 17.8. The normalized spacial score (nSPS) is 12.0. The molecule has 0 radical (unpaired) electrons. The Hall–Kier alpha value is -1.68. The molecule has 2 heterocycles. The second kappa shape index (κ2) is 7.75. The number of primary sulfonamides is 1. The van der Waals surface area contributed by atoms with Crippen LogP contribution in [0.4, 0.5) is 0 Å². The maximum Gasteiger partial charge on any atom is 0.238 e. The number of thiophene rings is 1. The zero-order valence-electron chi connectivity index (χ0n) is 15.4. The van der Waals surface area contributed by atoms with Crippen molar-refractivity contribution in [2.24, 2.45) is 5.14 Å². The van der Waals surface area contributed by atoms with Gasteiger partial charge in [-0.2, -0.15) is 0 Å². The van der Waals surface area contributed by atoms with Crippen LogP contribution in [0.2, 0.25) is 0 Å². The molecule has 0 saturated carbocycles. The Labute approximate surface area is 166 Å². The van der Waals surface area contributed by atoms with Crippen molar-refractivity contribution in [1.29, 1.82) is 0 Å². The van der Waals surface area contributed by atoms with Crippen molar-refractivity contribution in [3.8, 4) is 0 Å². The van der Waals surface area contributed by atoms with E-state index in [1.165, 1.54) is 23.9 Å². The third-order valence-electron chi connectivity index (χ3n) is 4.13. The molecule has 0 fully saturated rings. The van der Waals surface area contributed by atoms with E-state index in [0.29, 0.717) is 10.7 Å². The number of fused-ring (bicyclic) bond motifs is 1. The molecule has 144 valence electrons. The summed E-state index contributed by atoms with van der Waals surface area (Å²) in [6.07, 6.45) is 0.896. The molecular weight excluding hydrogens is 402 g/mol. The van der Waals surface area contributed by atoms with E-state index in [2.05, 4.69) is 11.9 Å². The van der Waals surface area contributed by atoms with Crippen LogP contribution in [-0.4, -0.2) is 29.5 Å². The fraction of sp³-hybridized carbons (Fsp3) is 0.333. The highest BCUT2D eigenvalue weighted by Gasteiger charge is 2.17. The van der Waals surface area contributed by atoms with Gasteiger partial charge in [-0.1, -0.05) is 18.7 Å². The molecule has 0 unspecified atom stereocenters. The number of sulfonamides is 1. The molecule has 2 N–H and O–H groups in total. The first-order valence-electron chi connectivity index (χ1n) is 8.47. The van der Waals surface area contributed by atoms with Gasteiger partial charge in [0.2, 0.25) is 10.0 Å². The van der Waals surface area contributed by atoms with Crippen molar-refractivity contribution >= 4 is 49.9 Å². The van der Waals surface area contributed by atoms with E-state index in [0.717, 1.165) is 33.8 Å². The van der Waals surface area contributed by atoms with Gasteiger partial charge in [0.15, 0.2) is 10.9 Å². The van der Waals surface area contributed by atoms with Crippen LogP contribution in [-0.2, 0) is 16.6 Å². The molecule has 3 rings (SSSR count). The van der Waals surface area contributed by atoms with Crippen LogP contribution in [0.5, 0.6) is 0 Å². The van der Waals surface area contributed by atoms with Crippen molar-refractivity contribution in [3.63, 3.8) is 0 Å². The largest absolute Gasteiger partial charge is 0.319 e. The van der Waals surface area contributed by atoms with Crippen molar-refractivity contribution in [1.82, 2.24) is 9.55 Å². The molecular formula is C18H21N3O3S3. The topological polar surface area (TPSA) is 95.0 Å². The minimum absolute atomic E-state index is 0.0353. The SMILES string of the molecule is CCCn1c(SCC(=O)c2cc(C)sc2C)nc2cc(S(N)(=O)=O)ccc21. The number of nitrogens with zero attached hydrogens (tertiary/aromatic N) is 2. The molecule has 27 heavy (non-hydrogen) atoms. The van der Waals surface area contributed by atoms with Gasteiger partial charge in [0.25, 0.3) is 0 Å². The van der Waals surface area contributed by atoms with Crippen molar-refractivity contribution < 1.29 is 13.2 Å². The number of thioether (sulfide) groups is 1. The minimum atomic E-state index is -3.78. The molecule has 2 aromatic heterocycles. The van der Waals surface area contributed by atoms with Gasteiger partial charge < -0.3 is 4.57 Å². The molecule has 0 aliphatic carbocycles. The summed E-state index contributed by atoms with van der Waals surface area (Å²) in [5.41, 5.74) is 2.16. The summed E-state index contributed by atoms with van der Waals surface area (Å²) in [5, 5.41) is 5.92. The van der Waals surface area contributed by atoms with Crippen molar-refractivity contribution in [2.45, 2.75) is 43.8 Å². The molecule has 9 heteroatoms. The number of ketones is 1. The van der Waals surface area contributed by atoms with Gasteiger partial charge in [0.1, 0.15) is 0 Å². The lowest BCUT2D eigenvalue weighted by molar-refractivity contribution is 0.102. The number of aromatic nitrogens is 2. The maximum absolute atomic E-state index is 12.6. The van der Waals surface area contributed by atoms with Crippen LogP contribution in [0.1, 0.15) is 33.5 Å². The Morgan fingerprint density at radius 2 is 2.04 bits per heavy atom. The van der Waals surface area contributed by atoms with E-state index in [9.17, 15) is 13.2 Å². The molecule has 0 amide bonds. The highest BCUT2D eigenvalue weighted by molar-refractivity contribution is 7.99. The molecule has 1 aromatic carbocycles. The number of Topliss-reactive ketones (excluding diaryl/α,β-unsaturated/α-hetero) is 1.